The Hall–Kier alpha value is 1.10. The van der Waals surface area contributed by atoms with E-state index in [0.29, 0.717) is 0 Å². The fourth-order valence-electron chi connectivity index (χ4n) is 0.650. The van der Waals surface area contributed by atoms with Gasteiger partial charge in [0.15, 0.2) is 0 Å². The summed E-state index contributed by atoms with van der Waals surface area (Å²) in [5.41, 5.74) is 0. The van der Waals surface area contributed by atoms with Crippen LogP contribution in [0.3, 0.4) is 0 Å². The van der Waals surface area contributed by atoms with E-state index in [4.69, 9.17) is 0 Å². The van der Waals surface area contributed by atoms with Crippen LogP contribution in [0.25, 0.3) is 0 Å². The minimum Gasteiger partial charge on any atom is -0.316 e. The molecular formula is C6H11Y-. The van der Waals surface area contributed by atoms with Gasteiger partial charge in [-0.3, -0.25) is 0 Å². The molecule has 1 aliphatic rings. The van der Waals surface area contributed by atoms with Crippen molar-refractivity contribution in [1.29, 1.82) is 0 Å². The van der Waals surface area contributed by atoms with Crippen molar-refractivity contribution in [1.82, 2.24) is 0 Å². The van der Waals surface area contributed by atoms with Crippen molar-refractivity contribution in [3.05, 3.63) is 5.92 Å². The summed E-state index contributed by atoms with van der Waals surface area (Å²) in [4.78, 5) is 0. The van der Waals surface area contributed by atoms with Crippen molar-refractivity contribution >= 4 is 0 Å². The van der Waals surface area contributed by atoms with Crippen LogP contribution in [0.15, 0.2) is 0 Å². The molecule has 0 aliphatic heterocycles. The van der Waals surface area contributed by atoms with Crippen molar-refractivity contribution in [2.45, 2.75) is 26.7 Å². The second-order valence-corrected chi connectivity index (χ2v) is 2.31. The molecule has 1 rings (SSSR count). The van der Waals surface area contributed by atoms with Gasteiger partial charge in [0.2, 0.25) is 0 Å². The summed E-state index contributed by atoms with van der Waals surface area (Å²) in [5.74, 6) is 2.64. The van der Waals surface area contributed by atoms with Gasteiger partial charge in [0.25, 0.3) is 0 Å². The molecule has 0 unspecified atom stereocenters. The number of hydrogen-bond donors (Lipinski definition) is 0. The molecule has 1 aliphatic carbocycles. The van der Waals surface area contributed by atoms with E-state index in [1.54, 1.807) is 5.92 Å². The average Bonchev–Trinajstić information content (AvgIpc) is 2.06. The van der Waals surface area contributed by atoms with Crippen molar-refractivity contribution in [3.8, 4) is 0 Å². The molecule has 0 aromatic rings. The Morgan fingerprint density at radius 3 is 1.71 bits per heavy atom. The molecule has 0 amide bonds. The second-order valence-electron chi connectivity index (χ2n) is 2.31. The molecule has 0 atom stereocenters. The Bertz CT molecular complexity index is 46.1. The first-order valence-electron chi connectivity index (χ1n) is 2.65. The molecule has 39 valence electrons. The van der Waals surface area contributed by atoms with Gasteiger partial charge in [0.1, 0.15) is 0 Å². The van der Waals surface area contributed by atoms with E-state index in [2.05, 4.69) is 13.8 Å². The molecular weight excluding hydrogens is 161 g/mol. The molecule has 0 nitrogen and oxygen atoms in total. The van der Waals surface area contributed by atoms with E-state index >= 15 is 0 Å². The SMILES string of the molecule is CC(C)[C-]1CC1.[Y]. The van der Waals surface area contributed by atoms with E-state index in [0.717, 1.165) is 5.92 Å². The molecule has 1 heteroatoms. The first-order chi connectivity index (χ1) is 2.80. The molecule has 0 heterocycles. The van der Waals surface area contributed by atoms with Gasteiger partial charge in [-0.15, -0.1) is 0 Å². The van der Waals surface area contributed by atoms with Crippen LogP contribution in [0.4, 0.5) is 0 Å². The molecule has 0 saturated heterocycles. The monoisotopic (exact) mass is 172 g/mol. The summed E-state index contributed by atoms with van der Waals surface area (Å²) in [5, 5.41) is 0. The number of rotatable bonds is 1. The summed E-state index contributed by atoms with van der Waals surface area (Å²) < 4.78 is 0. The van der Waals surface area contributed by atoms with Gasteiger partial charge < -0.3 is 5.92 Å². The van der Waals surface area contributed by atoms with Gasteiger partial charge in [0, 0.05) is 32.7 Å². The Morgan fingerprint density at radius 2 is 1.71 bits per heavy atom. The molecule has 0 aromatic heterocycles. The Kier molecular flexibility index (Phi) is 3.70. The minimum absolute atomic E-state index is 0. The maximum Gasteiger partial charge on any atom is 0 e. The van der Waals surface area contributed by atoms with E-state index in [-0.39, 0.29) is 32.7 Å². The van der Waals surface area contributed by atoms with Crippen LogP contribution in [0.1, 0.15) is 26.7 Å². The standard InChI is InChI=1S/C6H11.Y/c1-5(2)6-3-4-6;/h5H,3-4H2,1-2H3;/q-1;. The molecule has 0 aromatic carbocycles. The van der Waals surface area contributed by atoms with Crippen LogP contribution >= 0.6 is 0 Å². The van der Waals surface area contributed by atoms with E-state index in [1.807, 2.05) is 0 Å². The van der Waals surface area contributed by atoms with Crippen LogP contribution in [-0.4, -0.2) is 0 Å². The summed E-state index contributed by atoms with van der Waals surface area (Å²) >= 11 is 0. The fraction of sp³-hybridized carbons (Fsp3) is 0.833. The van der Waals surface area contributed by atoms with E-state index in [9.17, 15) is 0 Å². The molecule has 1 saturated carbocycles. The van der Waals surface area contributed by atoms with Gasteiger partial charge >= 0.3 is 0 Å². The third-order valence-electron chi connectivity index (χ3n) is 1.36. The zero-order valence-corrected chi connectivity index (χ0v) is 7.91. The third kappa shape index (κ3) is 2.82. The Balaban J connectivity index is 0.000000360. The smallest absolute Gasteiger partial charge is 0 e. The first-order valence-corrected chi connectivity index (χ1v) is 2.65. The van der Waals surface area contributed by atoms with Crippen molar-refractivity contribution in [2.75, 3.05) is 0 Å². The normalized spacial score (nSPS) is 19.3. The summed E-state index contributed by atoms with van der Waals surface area (Å²) in [6.45, 7) is 4.53. The molecule has 1 radical (unpaired) electrons. The predicted octanol–water partition coefficient (Wildman–Crippen LogP) is 2.01. The molecule has 0 spiro atoms. The average molecular weight is 172 g/mol. The van der Waals surface area contributed by atoms with Crippen LogP contribution in [0, 0.1) is 11.8 Å². The van der Waals surface area contributed by atoms with Gasteiger partial charge in [-0.2, -0.15) is 5.92 Å². The fourth-order valence-corrected chi connectivity index (χ4v) is 0.650. The third-order valence-corrected chi connectivity index (χ3v) is 1.36. The van der Waals surface area contributed by atoms with Crippen LogP contribution in [0.5, 0.6) is 0 Å². The van der Waals surface area contributed by atoms with Gasteiger partial charge in [-0.05, 0) is 0 Å². The quantitative estimate of drug-likeness (QED) is 0.530. The van der Waals surface area contributed by atoms with Gasteiger partial charge in [-0.1, -0.05) is 13.8 Å². The zero-order chi connectivity index (χ0) is 4.57. The van der Waals surface area contributed by atoms with Crippen molar-refractivity contribution in [3.63, 3.8) is 0 Å². The zero-order valence-electron chi connectivity index (χ0n) is 5.07. The summed E-state index contributed by atoms with van der Waals surface area (Å²) in [6.07, 6.45) is 2.83. The maximum absolute atomic E-state index is 2.27. The molecule has 7 heavy (non-hydrogen) atoms. The van der Waals surface area contributed by atoms with Gasteiger partial charge in [0.05, 0.1) is 0 Å². The first kappa shape index (κ1) is 8.10. The van der Waals surface area contributed by atoms with Crippen LogP contribution < -0.4 is 0 Å². The molecule has 1 fully saturated rings. The second kappa shape index (κ2) is 3.19. The largest absolute Gasteiger partial charge is 0.316 e. The molecule has 0 bridgehead atoms. The molecule has 0 N–H and O–H groups in total. The Labute approximate surface area is 70.9 Å². The van der Waals surface area contributed by atoms with Crippen LogP contribution in [-0.2, 0) is 32.7 Å². The van der Waals surface area contributed by atoms with E-state index in [1.165, 1.54) is 12.8 Å². The van der Waals surface area contributed by atoms with Gasteiger partial charge in [-0.25, -0.2) is 12.8 Å². The van der Waals surface area contributed by atoms with Crippen LogP contribution in [0.2, 0.25) is 0 Å². The maximum atomic E-state index is 2.27. The number of hydrogen-bond acceptors (Lipinski definition) is 0. The van der Waals surface area contributed by atoms with Crippen molar-refractivity contribution < 1.29 is 32.7 Å². The topological polar surface area (TPSA) is 0 Å². The van der Waals surface area contributed by atoms with Crippen molar-refractivity contribution in [2.24, 2.45) is 5.92 Å². The predicted molar refractivity (Wildman–Crippen MR) is 27.3 cm³/mol. The Morgan fingerprint density at radius 1 is 1.29 bits per heavy atom. The summed E-state index contributed by atoms with van der Waals surface area (Å²) in [6, 6.07) is 0. The summed E-state index contributed by atoms with van der Waals surface area (Å²) in [7, 11) is 0. The minimum atomic E-state index is 0. The van der Waals surface area contributed by atoms with E-state index < -0.39 is 0 Å².